The average molecular weight is 209 g/mol. The van der Waals surface area contributed by atoms with Crippen LogP contribution in [0.4, 0.5) is 4.39 Å². The molecule has 0 bridgehead atoms. The monoisotopic (exact) mass is 209 g/mol. The van der Waals surface area contributed by atoms with E-state index in [2.05, 4.69) is 15.1 Å². The lowest BCUT2D eigenvalue weighted by atomic mass is 10.3. The van der Waals surface area contributed by atoms with Gasteiger partial charge in [0, 0.05) is 6.07 Å². The van der Waals surface area contributed by atoms with Gasteiger partial charge in [-0.05, 0) is 6.92 Å². The molecule has 2 aromatic heterocycles. The first-order chi connectivity index (χ1) is 7.20. The van der Waals surface area contributed by atoms with Crippen molar-refractivity contribution in [3.63, 3.8) is 0 Å². The van der Waals surface area contributed by atoms with Gasteiger partial charge in [0.15, 0.2) is 17.4 Å². The summed E-state index contributed by atoms with van der Waals surface area (Å²) in [5.41, 5.74) is 0.286. The van der Waals surface area contributed by atoms with Gasteiger partial charge in [-0.2, -0.15) is 4.98 Å². The maximum absolute atomic E-state index is 13.3. The van der Waals surface area contributed by atoms with E-state index in [1.807, 2.05) is 0 Å². The van der Waals surface area contributed by atoms with Crippen LogP contribution in [-0.4, -0.2) is 22.2 Å². The molecule has 0 aliphatic rings. The van der Waals surface area contributed by atoms with Gasteiger partial charge in [0.2, 0.25) is 0 Å². The van der Waals surface area contributed by atoms with E-state index in [1.165, 1.54) is 19.4 Å². The lowest BCUT2D eigenvalue weighted by Gasteiger charge is -2.00. The third kappa shape index (κ3) is 1.78. The lowest BCUT2D eigenvalue weighted by Crippen LogP contribution is -1.91. The van der Waals surface area contributed by atoms with Gasteiger partial charge in [-0.25, -0.2) is 9.37 Å². The Morgan fingerprint density at radius 3 is 2.80 bits per heavy atom. The second kappa shape index (κ2) is 3.64. The molecule has 78 valence electrons. The third-order valence-electron chi connectivity index (χ3n) is 1.79. The van der Waals surface area contributed by atoms with E-state index in [0.29, 0.717) is 5.82 Å². The standard InChI is InChI=1S/C9H8FN3O2/c1-5-12-9(15-13-5)7-3-6(10)8(14-2)4-11-7/h3-4H,1-2H3. The molecule has 0 spiro atoms. The molecule has 0 aliphatic carbocycles. The Hall–Kier alpha value is -1.98. The van der Waals surface area contributed by atoms with Crippen molar-refractivity contribution in [1.29, 1.82) is 0 Å². The minimum Gasteiger partial charge on any atom is -0.492 e. The van der Waals surface area contributed by atoms with Crippen molar-refractivity contribution in [2.45, 2.75) is 6.92 Å². The van der Waals surface area contributed by atoms with Crippen molar-refractivity contribution in [3.05, 3.63) is 23.9 Å². The Labute approximate surface area is 84.9 Å². The summed E-state index contributed by atoms with van der Waals surface area (Å²) in [5, 5.41) is 3.59. The second-order valence-electron chi connectivity index (χ2n) is 2.85. The molecule has 0 saturated heterocycles. The molecule has 0 atom stereocenters. The molecule has 0 aromatic carbocycles. The maximum Gasteiger partial charge on any atom is 0.276 e. The van der Waals surface area contributed by atoms with E-state index in [9.17, 15) is 4.39 Å². The fourth-order valence-electron chi connectivity index (χ4n) is 1.09. The quantitative estimate of drug-likeness (QED) is 0.751. The SMILES string of the molecule is COc1cnc(-c2nc(C)no2)cc1F. The lowest BCUT2D eigenvalue weighted by molar-refractivity contribution is 0.383. The van der Waals surface area contributed by atoms with Crippen molar-refractivity contribution in [2.75, 3.05) is 7.11 Å². The van der Waals surface area contributed by atoms with Crippen LogP contribution in [0.2, 0.25) is 0 Å². The zero-order valence-corrected chi connectivity index (χ0v) is 8.19. The Balaban J connectivity index is 2.42. The molecule has 0 radical (unpaired) electrons. The zero-order chi connectivity index (χ0) is 10.8. The molecule has 0 saturated carbocycles. The summed E-state index contributed by atoms with van der Waals surface area (Å²) in [6.45, 7) is 1.67. The Morgan fingerprint density at radius 2 is 2.27 bits per heavy atom. The highest BCUT2D eigenvalue weighted by molar-refractivity contribution is 5.47. The van der Waals surface area contributed by atoms with Crippen LogP contribution in [0.3, 0.4) is 0 Å². The molecule has 0 fully saturated rings. The topological polar surface area (TPSA) is 61.0 Å². The molecule has 6 heteroatoms. The Bertz CT molecular complexity index is 484. The number of aromatic nitrogens is 3. The highest BCUT2D eigenvalue weighted by Gasteiger charge is 2.11. The van der Waals surface area contributed by atoms with Crippen LogP contribution in [0.15, 0.2) is 16.8 Å². The summed E-state index contributed by atoms with van der Waals surface area (Å²) in [7, 11) is 1.37. The molecule has 2 rings (SSSR count). The van der Waals surface area contributed by atoms with Gasteiger partial charge in [0.05, 0.1) is 13.3 Å². The van der Waals surface area contributed by atoms with Gasteiger partial charge >= 0.3 is 0 Å². The number of nitrogens with zero attached hydrogens (tertiary/aromatic N) is 3. The average Bonchev–Trinajstić information content (AvgIpc) is 2.65. The maximum atomic E-state index is 13.3. The minimum atomic E-state index is -0.515. The number of rotatable bonds is 2. The van der Waals surface area contributed by atoms with E-state index >= 15 is 0 Å². The summed E-state index contributed by atoms with van der Waals surface area (Å²) in [5.74, 6) is 0.227. The van der Waals surface area contributed by atoms with Crippen molar-refractivity contribution in [2.24, 2.45) is 0 Å². The molecule has 2 aromatic rings. The van der Waals surface area contributed by atoms with Crippen LogP contribution in [0.5, 0.6) is 5.75 Å². The first-order valence-corrected chi connectivity index (χ1v) is 4.21. The van der Waals surface area contributed by atoms with Crippen LogP contribution in [0.25, 0.3) is 11.6 Å². The molecule has 0 N–H and O–H groups in total. The normalized spacial score (nSPS) is 10.3. The minimum absolute atomic E-state index is 0.0787. The molecule has 15 heavy (non-hydrogen) atoms. The summed E-state index contributed by atoms with van der Waals surface area (Å²) in [6, 6.07) is 1.19. The summed E-state index contributed by atoms with van der Waals surface area (Å²) in [4.78, 5) is 7.86. The molecule has 0 amide bonds. The number of hydrogen-bond acceptors (Lipinski definition) is 5. The third-order valence-corrected chi connectivity index (χ3v) is 1.79. The van der Waals surface area contributed by atoms with Crippen LogP contribution in [-0.2, 0) is 0 Å². The van der Waals surface area contributed by atoms with E-state index in [-0.39, 0.29) is 17.3 Å². The predicted octanol–water partition coefficient (Wildman–Crippen LogP) is 1.59. The first kappa shape index (κ1) is 9.57. The molecule has 0 aliphatic heterocycles. The van der Waals surface area contributed by atoms with Crippen LogP contribution in [0, 0.1) is 12.7 Å². The van der Waals surface area contributed by atoms with Crippen LogP contribution >= 0.6 is 0 Å². The number of pyridine rings is 1. The number of ether oxygens (including phenoxy) is 1. The number of hydrogen-bond donors (Lipinski definition) is 0. The van der Waals surface area contributed by atoms with Gasteiger partial charge in [0.25, 0.3) is 5.89 Å². The number of halogens is 1. The molecular formula is C9H8FN3O2. The molecule has 5 nitrogen and oxygen atoms in total. The van der Waals surface area contributed by atoms with Gasteiger partial charge in [-0.1, -0.05) is 5.16 Å². The predicted molar refractivity (Wildman–Crippen MR) is 48.8 cm³/mol. The van der Waals surface area contributed by atoms with Crippen molar-refractivity contribution >= 4 is 0 Å². The van der Waals surface area contributed by atoms with E-state index in [4.69, 9.17) is 9.26 Å². The smallest absolute Gasteiger partial charge is 0.276 e. The molecule has 2 heterocycles. The number of aryl methyl sites for hydroxylation is 1. The van der Waals surface area contributed by atoms with Crippen molar-refractivity contribution < 1.29 is 13.7 Å². The van der Waals surface area contributed by atoms with Gasteiger partial charge in [0.1, 0.15) is 5.69 Å². The van der Waals surface area contributed by atoms with Crippen LogP contribution in [0.1, 0.15) is 5.82 Å². The number of methoxy groups -OCH3 is 1. The van der Waals surface area contributed by atoms with E-state index in [1.54, 1.807) is 6.92 Å². The fraction of sp³-hybridized carbons (Fsp3) is 0.222. The van der Waals surface area contributed by atoms with Gasteiger partial charge < -0.3 is 9.26 Å². The van der Waals surface area contributed by atoms with Gasteiger partial charge in [-0.15, -0.1) is 0 Å². The van der Waals surface area contributed by atoms with E-state index in [0.717, 1.165) is 0 Å². The Kier molecular flexibility index (Phi) is 2.32. The fourth-order valence-corrected chi connectivity index (χ4v) is 1.09. The van der Waals surface area contributed by atoms with Crippen molar-refractivity contribution in [3.8, 4) is 17.3 Å². The molecule has 0 unspecified atom stereocenters. The van der Waals surface area contributed by atoms with Crippen molar-refractivity contribution in [1.82, 2.24) is 15.1 Å². The first-order valence-electron chi connectivity index (χ1n) is 4.21. The van der Waals surface area contributed by atoms with Gasteiger partial charge in [-0.3, -0.25) is 0 Å². The molecular weight excluding hydrogens is 201 g/mol. The summed E-state index contributed by atoms with van der Waals surface area (Å²) in [6.07, 6.45) is 1.27. The zero-order valence-electron chi connectivity index (χ0n) is 8.19. The summed E-state index contributed by atoms with van der Waals surface area (Å²) >= 11 is 0. The Morgan fingerprint density at radius 1 is 1.47 bits per heavy atom. The summed E-state index contributed by atoms with van der Waals surface area (Å²) < 4.78 is 22.9. The largest absolute Gasteiger partial charge is 0.492 e. The highest BCUT2D eigenvalue weighted by Crippen LogP contribution is 2.21. The second-order valence-corrected chi connectivity index (χ2v) is 2.85. The highest BCUT2D eigenvalue weighted by atomic mass is 19.1. The van der Waals surface area contributed by atoms with Crippen LogP contribution < -0.4 is 4.74 Å². The van der Waals surface area contributed by atoms with E-state index < -0.39 is 5.82 Å².